The predicted octanol–water partition coefficient (Wildman–Crippen LogP) is 1.73. The SMILES string of the molecule is C#CN(C)Cc1cn[nH]c1C(C)(C)C. The lowest BCUT2D eigenvalue weighted by Gasteiger charge is -2.19. The van der Waals surface area contributed by atoms with Gasteiger partial charge in [-0.1, -0.05) is 27.2 Å². The Kier molecular flexibility index (Phi) is 2.85. The van der Waals surface area contributed by atoms with Gasteiger partial charge in [0.25, 0.3) is 0 Å². The number of nitrogens with one attached hydrogen (secondary N) is 1. The Balaban J connectivity index is 2.90. The maximum atomic E-state index is 5.29. The Morgan fingerprint density at radius 2 is 2.21 bits per heavy atom. The Morgan fingerprint density at radius 3 is 2.71 bits per heavy atom. The van der Waals surface area contributed by atoms with Crippen LogP contribution in [-0.4, -0.2) is 22.1 Å². The molecule has 0 amide bonds. The van der Waals surface area contributed by atoms with E-state index in [4.69, 9.17) is 6.42 Å². The fourth-order valence-corrected chi connectivity index (χ4v) is 1.38. The highest BCUT2D eigenvalue weighted by Crippen LogP contribution is 2.23. The van der Waals surface area contributed by atoms with Crippen molar-refractivity contribution in [1.82, 2.24) is 15.1 Å². The van der Waals surface area contributed by atoms with Crippen molar-refractivity contribution in [3.05, 3.63) is 17.5 Å². The second-order valence-electron chi connectivity index (χ2n) is 4.51. The summed E-state index contributed by atoms with van der Waals surface area (Å²) in [5.74, 6) is 0. The largest absolute Gasteiger partial charge is 0.331 e. The molecule has 14 heavy (non-hydrogen) atoms. The molecule has 0 saturated carbocycles. The lowest BCUT2D eigenvalue weighted by molar-refractivity contribution is 0.465. The first-order valence-corrected chi connectivity index (χ1v) is 4.65. The first-order valence-electron chi connectivity index (χ1n) is 4.65. The highest BCUT2D eigenvalue weighted by molar-refractivity contribution is 5.23. The van der Waals surface area contributed by atoms with E-state index < -0.39 is 0 Å². The summed E-state index contributed by atoms with van der Waals surface area (Å²) < 4.78 is 0. The molecule has 0 aliphatic rings. The van der Waals surface area contributed by atoms with Crippen LogP contribution in [0, 0.1) is 12.5 Å². The second-order valence-corrected chi connectivity index (χ2v) is 4.51. The van der Waals surface area contributed by atoms with Crippen molar-refractivity contribution in [1.29, 1.82) is 0 Å². The Bertz CT molecular complexity index is 338. The molecule has 0 radical (unpaired) electrons. The van der Waals surface area contributed by atoms with E-state index in [0.29, 0.717) is 0 Å². The van der Waals surface area contributed by atoms with E-state index in [1.807, 2.05) is 13.2 Å². The zero-order valence-electron chi connectivity index (χ0n) is 9.26. The maximum absolute atomic E-state index is 5.29. The molecule has 0 unspecified atom stereocenters. The molecule has 0 aliphatic carbocycles. The molecule has 0 fully saturated rings. The number of aromatic nitrogens is 2. The van der Waals surface area contributed by atoms with Crippen molar-refractivity contribution >= 4 is 0 Å². The summed E-state index contributed by atoms with van der Waals surface area (Å²) in [4.78, 5) is 1.81. The van der Waals surface area contributed by atoms with Crippen LogP contribution in [0.4, 0.5) is 0 Å². The Morgan fingerprint density at radius 1 is 1.57 bits per heavy atom. The van der Waals surface area contributed by atoms with Crippen LogP contribution < -0.4 is 0 Å². The molecule has 3 nitrogen and oxygen atoms in total. The van der Waals surface area contributed by atoms with Crippen molar-refractivity contribution in [2.45, 2.75) is 32.7 Å². The van der Waals surface area contributed by atoms with Crippen LogP contribution in [0.5, 0.6) is 0 Å². The van der Waals surface area contributed by atoms with Crippen molar-refractivity contribution in [2.75, 3.05) is 7.05 Å². The normalized spacial score (nSPS) is 11.1. The van der Waals surface area contributed by atoms with E-state index in [1.54, 1.807) is 4.90 Å². The van der Waals surface area contributed by atoms with E-state index in [0.717, 1.165) is 17.8 Å². The first kappa shape index (κ1) is 10.6. The van der Waals surface area contributed by atoms with Gasteiger partial charge in [0.05, 0.1) is 12.7 Å². The van der Waals surface area contributed by atoms with Crippen LogP contribution in [0.1, 0.15) is 32.0 Å². The topological polar surface area (TPSA) is 31.9 Å². The van der Waals surface area contributed by atoms with E-state index in [1.165, 1.54) is 0 Å². The highest BCUT2D eigenvalue weighted by Gasteiger charge is 2.20. The van der Waals surface area contributed by atoms with Gasteiger partial charge in [-0.25, -0.2) is 0 Å². The molecular formula is C11H17N3. The van der Waals surface area contributed by atoms with Crippen LogP contribution >= 0.6 is 0 Å². The van der Waals surface area contributed by atoms with Gasteiger partial charge in [-0.15, -0.1) is 0 Å². The van der Waals surface area contributed by atoms with Gasteiger partial charge >= 0.3 is 0 Å². The van der Waals surface area contributed by atoms with Crippen LogP contribution in [0.25, 0.3) is 0 Å². The van der Waals surface area contributed by atoms with Gasteiger partial charge in [0.15, 0.2) is 0 Å². The summed E-state index contributed by atoms with van der Waals surface area (Å²) in [6.07, 6.45) is 7.13. The third-order valence-electron chi connectivity index (χ3n) is 2.10. The highest BCUT2D eigenvalue weighted by atomic mass is 15.1. The number of nitrogens with zero attached hydrogens (tertiary/aromatic N) is 2. The molecule has 0 aliphatic heterocycles. The van der Waals surface area contributed by atoms with E-state index >= 15 is 0 Å². The summed E-state index contributed by atoms with van der Waals surface area (Å²) in [5, 5.41) is 7.09. The quantitative estimate of drug-likeness (QED) is 0.570. The lowest BCUT2D eigenvalue weighted by Crippen LogP contribution is -2.18. The number of rotatable bonds is 2. The maximum Gasteiger partial charge on any atom is 0.0541 e. The van der Waals surface area contributed by atoms with Gasteiger partial charge in [-0.05, 0) is 0 Å². The van der Waals surface area contributed by atoms with Crippen LogP contribution in [0.15, 0.2) is 6.20 Å². The van der Waals surface area contributed by atoms with Crippen molar-refractivity contribution in [2.24, 2.45) is 0 Å². The van der Waals surface area contributed by atoms with E-state index in [2.05, 4.69) is 37.0 Å². The summed E-state index contributed by atoms with van der Waals surface area (Å²) in [6.45, 7) is 7.19. The van der Waals surface area contributed by atoms with Crippen LogP contribution in [0.3, 0.4) is 0 Å². The molecule has 0 bridgehead atoms. The lowest BCUT2D eigenvalue weighted by atomic mass is 9.89. The number of aromatic amines is 1. The molecule has 1 aromatic heterocycles. The zero-order valence-corrected chi connectivity index (χ0v) is 9.26. The smallest absolute Gasteiger partial charge is 0.0541 e. The molecule has 0 atom stereocenters. The van der Waals surface area contributed by atoms with Gasteiger partial charge < -0.3 is 4.90 Å². The Hall–Kier alpha value is -1.43. The third-order valence-corrected chi connectivity index (χ3v) is 2.10. The number of terminal acetylenes is 1. The average molecular weight is 191 g/mol. The number of H-pyrrole nitrogens is 1. The molecule has 0 saturated heterocycles. The first-order chi connectivity index (χ1) is 6.45. The molecule has 3 heteroatoms. The third kappa shape index (κ3) is 2.29. The minimum absolute atomic E-state index is 0.0846. The van der Waals surface area contributed by atoms with Gasteiger partial charge in [-0.3, -0.25) is 5.10 Å². The molecule has 1 aromatic rings. The second kappa shape index (κ2) is 3.75. The van der Waals surface area contributed by atoms with Gasteiger partial charge in [0, 0.05) is 29.8 Å². The molecule has 1 N–H and O–H groups in total. The molecule has 1 heterocycles. The van der Waals surface area contributed by atoms with E-state index in [-0.39, 0.29) is 5.41 Å². The molecule has 1 rings (SSSR count). The summed E-state index contributed by atoms with van der Waals surface area (Å²) in [5.41, 5.74) is 2.40. The van der Waals surface area contributed by atoms with E-state index in [9.17, 15) is 0 Å². The predicted molar refractivity (Wildman–Crippen MR) is 57.6 cm³/mol. The summed E-state index contributed by atoms with van der Waals surface area (Å²) in [7, 11) is 1.89. The molecular weight excluding hydrogens is 174 g/mol. The van der Waals surface area contributed by atoms with Crippen molar-refractivity contribution < 1.29 is 0 Å². The van der Waals surface area contributed by atoms with Crippen molar-refractivity contribution in [3.8, 4) is 12.5 Å². The van der Waals surface area contributed by atoms with Gasteiger partial charge in [0.2, 0.25) is 0 Å². The molecule has 0 spiro atoms. The molecule has 0 aromatic carbocycles. The summed E-state index contributed by atoms with van der Waals surface area (Å²) >= 11 is 0. The zero-order chi connectivity index (χ0) is 10.8. The number of hydrogen-bond donors (Lipinski definition) is 1. The van der Waals surface area contributed by atoms with Crippen LogP contribution in [0.2, 0.25) is 0 Å². The van der Waals surface area contributed by atoms with Crippen molar-refractivity contribution in [3.63, 3.8) is 0 Å². The minimum atomic E-state index is 0.0846. The Labute approximate surface area is 85.5 Å². The fourth-order valence-electron chi connectivity index (χ4n) is 1.38. The van der Waals surface area contributed by atoms with Gasteiger partial charge in [0.1, 0.15) is 0 Å². The standard InChI is InChI=1S/C11H17N3/c1-6-14(5)8-9-7-12-13-10(9)11(2,3)4/h1,7H,8H2,2-5H3,(H,12,13). The monoisotopic (exact) mass is 191 g/mol. The average Bonchev–Trinajstić information content (AvgIpc) is 2.51. The minimum Gasteiger partial charge on any atom is -0.331 e. The van der Waals surface area contributed by atoms with Gasteiger partial charge in [-0.2, -0.15) is 5.10 Å². The number of hydrogen-bond acceptors (Lipinski definition) is 2. The fraction of sp³-hybridized carbons (Fsp3) is 0.545. The summed E-state index contributed by atoms with van der Waals surface area (Å²) in [6, 6.07) is 2.57. The molecule has 76 valence electrons. The van der Waals surface area contributed by atoms with Crippen LogP contribution in [-0.2, 0) is 12.0 Å².